The van der Waals surface area contributed by atoms with Crippen LogP contribution in [0.3, 0.4) is 0 Å². The molecular formula is C74H58O14. The molecule has 0 atom stereocenters. The van der Waals surface area contributed by atoms with Crippen molar-refractivity contribution in [3.8, 4) is 67.9 Å². The molecule has 0 radical (unpaired) electrons. The van der Waals surface area contributed by atoms with Gasteiger partial charge in [-0.2, -0.15) is 0 Å². The monoisotopic (exact) mass is 1170 g/mol. The number of ether oxygens (including phenoxy) is 8. The molecule has 14 heteroatoms. The summed E-state index contributed by atoms with van der Waals surface area (Å²) in [5, 5.41) is 3.36. The third kappa shape index (κ3) is 15.5. The maximum atomic E-state index is 14.1. The molecule has 0 N–H and O–H groups in total. The topological polar surface area (TPSA) is 176 Å². The van der Waals surface area contributed by atoms with Gasteiger partial charge in [-0.05, 0) is 190 Å². The molecule has 0 spiro atoms. The standard InChI is InChI=1S/C74H58O14/c1-3-68(75)83-45-11-9-43-81-59-34-29-56(30-35-59)71(77)85-61-38-25-51(26-39-61)49-17-21-54(22-18-49)73(79)87-63-47-58-14-6-7-15-64(58)66(48-63)70-65-16-8-5-13-53(65)33-42-67(70)88-74(80)55-23-19-50(20-24-55)52-27-40-62(41-28-52)86-72(78)57-31-36-60(37-32-57)82-44-10-12-46-84-69(76)4-2/h3-8,13-42,47-48H,1-2,9-12,43-46H2. The van der Waals surface area contributed by atoms with E-state index < -0.39 is 35.8 Å². The van der Waals surface area contributed by atoms with Gasteiger partial charge in [0.25, 0.3) is 0 Å². The zero-order valence-electron chi connectivity index (χ0n) is 47.7. The number of fused-ring (bicyclic) bond motifs is 2. The summed E-state index contributed by atoms with van der Waals surface area (Å²) in [4.78, 5) is 76.3. The largest absolute Gasteiger partial charge is 0.494 e. The molecule has 0 aliphatic carbocycles. The van der Waals surface area contributed by atoms with Crippen LogP contribution in [0.25, 0.3) is 54.9 Å². The number of esters is 6. The fourth-order valence-electron chi connectivity index (χ4n) is 9.47. The van der Waals surface area contributed by atoms with Crippen LogP contribution in [-0.4, -0.2) is 62.2 Å². The first kappa shape index (κ1) is 59.8. The van der Waals surface area contributed by atoms with E-state index >= 15 is 0 Å². The van der Waals surface area contributed by atoms with E-state index in [1.54, 1.807) is 115 Å². The number of hydrogen-bond donors (Lipinski definition) is 0. The number of carbonyl (C=O) groups excluding carboxylic acids is 6. The second kappa shape index (κ2) is 28.9. The van der Waals surface area contributed by atoms with Crippen LogP contribution in [0.5, 0.6) is 34.5 Å². The van der Waals surface area contributed by atoms with E-state index in [0.717, 1.165) is 56.0 Å². The van der Waals surface area contributed by atoms with Crippen LogP contribution in [0, 0.1) is 0 Å². The van der Waals surface area contributed by atoms with Gasteiger partial charge in [-0.1, -0.05) is 116 Å². The van der Waals surface area contributed by atoms with Crippen molar-refractivity contribution >= 4 is 57.4 Å². The van der Waals surface area contributed by atoms with Gasteiger partial charge in [-0.15, -0.1) is 0 Å². The maximum Gasteiger partial charge on any atom is 0.343 e. The molecule has 438 valence electrons. The second-order valence-corrected chi connectivity index (χ2v) is 20.0. The highest BCUT2D eigenvalue weighted by Crippen LogP contribution is 2.43. The summed E-state index contributed by atoms with van der Waals surface area (Å²) in [6.07, 6.45) is 4.90. The van der Waals surface area contributed by atoms with Crippen molar-refractivity contribution in [3.05, 3.63) is 266 Å². The molecule has 0 fully saturated rings. The summed E-state index contributed by atoms with van der Waals surface area (Å²) < 4.78 is 45.1. The minimum Gasteiger partial charge on any atom is -0.494 e. The summed E-state index contributed by atoms with van der Waals surface area (Å²) in [5.74, 6) is -0.633. The number of hydrogen-bond acceptors (Lipinski definition) is 14. The molecule has 0 aliphatic heterocycles. The number of carbonyl (C=O) groups is 6. The highest BCUT2D eigenvalue weighted by atomic mass is 16.6. The third-order valence-corrected chi connectivity index (χ3v) is 14.1. The SMILES string of the molecule is C=CC(=O)OCCCCOc1ccc(C(=O)Oc2ccc(-c3ccc(C(=O)Oc4cc(-c5c(OC(=O)c6ccc(-c7ccc(OC(=O)c8ccc(OCCCCOC(=O)C=C)cc8)cc7)cc6)ccc6ccccc56)c5ccccc5c4)cc3)cc2)cc1. The van der Waals surface area contributed by atoms with Crippen molar-refractivity contribution in [2.75, 3.05) is 26.4 Å². The van der Waals surface area contributed by atoms with Crippen LogP contribution in [-0.2, 0) is 19.1 Å². The van der Waals surface area contributed by atoms with Gasteiger partial charge in [0.05, 0.1) is 48.7 Å². The van der Waals surface area contributed by atoms with Crippen LogP contribution >= 0.6 is 0 Å². The molecule has 88 heavy (non-hydrogen) atoms. The zero-order chi connectivity index (χ0) is 61.2. The molecule has 0 aromatic heterocycles. The second-order valence-electron chi connectivity index (χ2n) is 20.0. The van der Waals surface area contributed by atoms with E-state index in [1.807, 2.05) is 103 Å². The highest BCUT2D eigenvalue weighted by Gasteiger charge is 2.21. The Balaban J connectivity index is 0.762. The smallest absolute Gasteiger partial charge is 0.343 e. The van der Waals surface area contributed by atoms with Crippen LogP contribution in [0.2, 0.25) is 0 Å². The maximum absolute atomic E-state index is 14.1. The fourth-order valence-corrected chi connectivity index (χ4v) is 9.47. The Kier molecular flexibility index (Phi) is 19.7. The van der Waals surface area contributed by atoms with Crippen molar-refractivity contribution < 1.29 is 66.7 Å². The number of unbranched alkanes of at least 4 members (excludes halogenated alkanes) is 2. The molecule has 0 unspecified atom stereocenters. The molecule has 10 aromatic carbocycles. The molecular weight excluding hydrogens is 1110 g/mol. The van der Waals surface area contributed by atoms with Crippen LogP contribution in [0.4, 0.5) is 0 Å². The normalized spacial score (nSPS) is 10.8. The minimum absolute atomic E-state index is 0.285. The van der Waals surface area contributed by atoms with Crippen molar-refractivity contribution in [2.45, 2.75) is 25.7 Å². The summed E-state index contributed by atoms with van der Waals surface area (Å²) in [7, 11) is 0. The molecule has 10 aromatic rings. The van der Waals surface area contributed by atoms with E-state index in [9.17, 15) is 28.8 Å². The van der Waals surface area contributed by atoms with E-state index in [0.29, 0.717) is 101 Å². The lowest BCUT2D eigenvalue weighted by Crippen LogP contribution is -2.10. The van der Waals surface area contributed by atoms with E-state index in [-0.39, 0.29) is 19.0 Å². The molecule has 0 amide bonds. The molecule has 14 nitrogen and oxygen atoms in total. The third-order valence-electron chi connectivity index (χ3n) is 14.1. The van der Waals surface area contributed by atoms with Crippen LogP contribution in [0.15, 0.2) is 244 Å². The van der Waals surface area contributed by atoms with E-state index in [2.05, 4.69) is 13.2 Å². The average Bonchev–Trinajstić information content (AvgIpc) is 1.95. The lowest BCUT2D eigenvalue weighted by Gasteiger charge is -2.17. The first-order valence-corrected chi connectivity index (χ1v) is 28.4. The van der Waals surface area contributed by atoms with Crippen molar-refractivity contribution in [1.82, 2.24) is 0 Å². The highest BCUT2D eigenvalue weighted by molar-refractivity contribution is 6.09. The summed E-state index contributed by atoms with van der Waals surface area (Å²) in [5.41, 5.74) is 5.96. The first-order chi connectivity index (χ1) is 43.0. The predicted molar refractivity (Wildman–Crippen MR) is 335 cm³/mol. The summed E-state index contributed by atoms with van der Waals surface area (Å²) in [6, 6.07) is 64.2. The van der Waals surface area contributed by atoms with Crippen LogP contribution < -0.4 is 28.4 Å². The number of rotatable bonds is 25. The quantitative estimate of drug-likeness (QED) is 0.0229. The van der Waals surface area contributed by atoms with Gasteiger partial charge in [0.2, 0.25) is 0 Å². The van der Waals surface area contributed by atoms with Crippen molar-refractivity contribution in [1.29, 1.82) is 0 Å². The Morgan fingerprint density at radius 2 is 0.693 bits per heavy atom. The molecule has 0 bridgehead atoms. The van der Waals surface area contributed by atoms with Crippen molar-refractivity contribution in [2.24, 2.45) is 0 Å². The molecule has 0 saturated carbocycles. The fraction of sp³-hybridized carbons (Fsp3) is 0.108. The molecule has 10 rings (SSSR count). The Morgan fingerprint density at radius 3 is 1.15 bits per heavy atom. The summed E-state index contributed by atoms with van der Waals surface area (Å²) >= 11 is 0. The summed E-state index contributed by atoms with van der Waals surface area (Å²) in [6.45, 7) is 8.16. The van der Waals surface area contributed by atoms with E-state index in [1.165, 1.54) is 0 Å². The van der Waals surface area contributed by atoms with Gasteiger partial charge in [-0.25, -0.2) is 28.8 Å². The van der Waals surface area contributed by atoms with Gasteiger partial charge in [0.15, 0.2) is 0 Å². The predicted octanol–water partition coefficient (Wildman–Crippen LogP) is 15.6. The average molecular weight is 1170 g/mol. The first-order valence-electron chi connectivity index (χ1n) is 28.4. The lowest BCUT2D eigenvalue weighted by atomic mass is 9.92. The van der Waals surface area contributed by atoms with Gasteiger partial charge < -0.3 is 37.9 Å². The lowest BCUT2D eigenvalue weighted by molar-refractivity contribution is -0.138. The Labute approximate surface area is 507 Å². The van der Waals surface area contributed by atoms with Gasteiger partial charge >= 0.3 is 35.8 Å². The number of benzene rings is 10. The molecule has 0 aliphatic rings. The van der Waals surface area contributed by atoms with E-state index in [4.69, 9.17) is 37.9 Å². The van der Waals surface area contributed by atoms with Crippen molar-refractivity contribution in [3.63, 3.8) is 0 Å². The van der Waals surface area contributed by atoms with Gasteiger partial charge in [0.1, 0.15) is 34.5 Å². The minimum atomic E-state index is -0.579. The van der Waals surface area contributed by atoms with Crippen LogP contribution in [0.1, 0.15) is 67.1 Å². The Morgan fingerprint density at radius 1 is 0.330 bits per heavy atom. The van der Waals surface area contributed by atoms with Gasteiger partial charge in [-0.3, -0.25) is 0 Å². The zero-order valence-corrected chi connectivity index (χ0v) is 47.7. The Bertz CT molecular complexity index is 4150. The molecule has 0 saturated heterocycles. The van der Waals surface area contributed by atoms with Gasteiger partial charge in [0, 0.05) is 17.7 Å². The molecule has 0 heterocycles. The Hall–Kier alpha value is -11.4.